The van der Waals surface area contributed by atoms with Crippen LogP contribution in [0.25, 0.3) is 0 Å². The van der Waals surface area contributed by atoms with E-state index in [0.29, 0.717) is 0 Å². The molecule has 0 radical (unpaired) electrons. The number of hydrogen-bond acceptors (Lipinski definition) is 2. The Hall–Kier alpha value is -1.02. The van der Waals surface area contributed by atoms with E-state index in [-0.39, 0.29) is 12.1 Å². The standard InChI is InChI=1S/C13H21NO/c1-4-13(3,5-2)14-12-8-6-11(10-15)7-9-12/h6-9,14-15H,4-5,10H2,1-3H3. The van der Waals surface area contributed by atoms with Gasteiger partial charge in [0.05, 0.1) is 6.61 Å². The van der Waals surface area contributed by atoms with Gasteiger partial charge in [-0.2, -0.15) is 0 Å². The Morgan fingerprint density at radius 2 is 1.67 bits per heavy atom. The van der Waals surface area contributed by atoms with Gasteiger partial charge in [-0.25, -0.2) is 0 Å². The summed E-state index contributed by atoms with van der Waals surface area (Å²) >= 11 is 0. The largest absolute Gasteiger partial charge is 0.392 e. The van der Waals surface area contributed by atoms with E-state index in [1.165, 1.54) is 0 Å². The van der Waals surface area contributed by atoms with E-state index < -0.39 is 0 Å². The minimum atomic E-state index is 0.110. The first-order valence-corrected chi connectivity index (χ1v) is 5.61. The van der Waals surface area contributed by atoms with Crippen LogP contribution >= 0.6 is 0 Å². The Morgan fingerprint density at radius 1 is 1.13 bits per heavy atom. The van der Waals surface area contributed by atoms with Gasteiger partial charge in [0.2, 0.25) is 0 Å². The van der Waals surface area contributed by atoms with Crippen LogP contribution in [0.15, 0.2) is 24.3 Å². The number of hydrogen-bond donors (Lipinski definition) is 2. The summed E-state index contributed by atoms with van der Waals surface area (Å²) in [6.45, 7) is 6.73. The van der Waals surface area contributed by atoms with Crippen molar-refractivity contribution >= 4 is 5.69 Å². The molecule has 0 fully saturated rings. The molecule has 0 heterocycles. The average Bonchev–Trinajstić information content (AvgIpc) is 2.30. The fourth-order valence-electron chi connectivity index (χ4n) is 1.47. The summed E-state index contributed by atoms with van der Waals surface area (Å²) in [6, 6.07) is 7.95. The van der Waals surface area contributed by atoms with Crippen molar-refractivity contribution in [3.63, 3.8) is 0 Å². The summed E-state index contributed by atoms with van der Waals surface area (Å²) in [5.41, 5.74) is 2.24. The van der Waals surface area contributed by atoms with Crippen molar-refractivity contribution in [1.29, 1.82) is 0 Å². The highest BCUT2D eigenvalue weighted by atomic mass is 16.3. The van der Waals surface area contributed by atoms with Crippen molar-refractivity contribution in [3.8, 4) is 0 Å². The molecule has 0 saturated heterocycles. The zero-order valence-corrected chi connectivity index (χ0v) is 9.88. The number of benzene rings is 1. The van der Waals surface area contributed by atoms with Crippen LogP contribution in [0.2, 0.25) is 0 Å². The molecular formula is C13H21NO. The van der Waals surface area contributed by atoms with E-state index in [2.05, 4.69) is 26.1 Å². The van der Waals surface area contributed by atoms with Gasteiger partial charge in [-0.1, -0.05) is 26.0 Å². The number of aliphatic hydroxyl groups is 1. The van der Waals surface area contributed by atoms with Gasteiger partial charge in [-0.15, -0.1) is 0 Å². The molecule has 0 aliphatic carbocycles. The molecule has 0 aliphatic heterocycles. The van der Waals surface area contributed by atoms with Crippen molar-refractivity contribution in [2.45, 2.75) is 45.8 Å². The second kappa shape index (κ2) is 5.17. The fraction of sp³-hybridized carbons (Fsp3) is 0.538. The minimum Gasteiger partial charge on any atom is -0.392 e. The van der Waals surface area contributed by atoms with Crippen LogP contribution in [-0.2, 0) is 6.61 Å². The molecule has 0 bridgehead atoms. The summed E-state index contributed by atoms with van der Waals surface area (Å²) in [5, 5.41) is 12.5. The van der Waals surface area contributed by atoms with Crippen LogP contribution in [0.4, 0.5) is 5.69 Å². The van der Waals surface area contributed by atoms with Crippen LogP contribution in [0.1, 0.15) is 39.2 Å². The molecule has 0 aromatic heterocycles. The highest BCUT2D eigenvalue weighted by Gasteiger charge is 2.18. The van der Waals surface area contributed by atoms with E-state index in [9.17, 15) is 0 Å². The van der Waals surface area contributed by atoms with Crippen LogP contribution in [-0.4, -0.2) is 10.6 Å². The lowest BCUT2D eigenvalue weighted by molar-refractivity contribution is 0.282. The highest BCUT2D eigenvalue weighted by Crippen LogP contribution is 2.21. The lowest BCUT2D eigenvalue weighted by Crippen LogP contribution is -2.32. The summed E-state index contributed by atoms with van der Waals surface area (Å²) < 4.78 is 0. The third-order valence-corrected chi connectivity index (χ3v) is 3.14. The van der Waals surface area contributed by atoms with Crippen molar-refractivity contribution in [2.24, 2.45) is 0 Å². The van der Waals surface area contributed by atoms with Gasteiger partial charge in [0.15, 0.2) is 0 Å². The maximum atomic E-state index is 8.93. The first kappa shape index (κ1) is 12.1. The highest BCUT2D eigenvalue weighted by molar-refractivity contribution is 5.46. The second-order valence-electron chi connectivity index (χ2n) is 4.25. The first-order valence-electron chi connectivity index (χ1n) is 5.61. The number of rotatable bonds is 5. The van der Waals surface area contributed by atoms with E-state index in [1.54, 1.807) is 0 Å². The van der Waals surface area contributed by atoms with Gasteiger partial charge in [-0.3, -0.25) is 0 Å². The van der Waals surface area contributed by atoms with E-state index >= 15 is 0 Å². The maximum absolute atomic E-state index is 8.93. The Morgan fingerprint density at radius 3 is 2.07 bits per heavy atom. The smallest absolute Gasteiger partial charge is 0.0681 e. The zero-order valence-electron chi connectivity index (χ0n) is 9.88. The molecule has 1 rings (SSSR count). The first-order chi connectivity index (χ1) is 7.13. The molecular weight excluding hydrogens is 186 g/mol. The summed E-state index contributed by atoms with van der Waals surface area (Å²) in [6.07, 6.45) is 2.20. The van der Waals surface area contributed by atoms with Gasteiger partial charge < -0.3 is 10.4 Å². The summed E-state index contributed by atoms with van der Waals surface area (Å²) in [5.74, 6) is 0. The Labute approximate surface area is 92.3 Å². The van der Waals surface area contributed by atoms with E-state index in [0.717, 1.165) is 24.1 Å². The normalized spacial score (nSPS) is 11.5. The molecule has 84 valence electrons. The Balaban J connectivity index is 2.71. The van der Waals surface area contributed by atoms with Crippen molar-refractivity contribution < 1.29 is 5.11 Å². The van der Waals surface area contributed by atoms with Gasteiger partial charge in [0, 0.05) is 11.2 Å². The van der Waals surface area contributed by atoms with Crippen molar-refractivity contribution in [3.05, 3.63) is 29.8 Å². The van der Waals surface area contributed by atoms with E-state index in [1.807, 2.05) is 24.3 Å². The summed E-state index contributed by atoms with van der Waals surface area (Å²) in [4.78, 5) is 0. The van der Waals surface area contributed by atoms with E-state index in [4.69, 9.17) is 5.11 Å². The third-order valence-electron chi connectivity index (χ3n) is 3.14. The number of anilines is 1. The predicted octanol–water partition coefficient (Wildman–Crippen LogP) is 3.17. The second-order valence-corrected chi connectivity index (χ2v) is 4.25. The number of aliphatic hydroxyl groups excluding tert-OH is 1. The van der Waals surface area contributed by atoms with Gasteiger partial charge >= 0.3 is 0 Å². The van der Waals surface area contributed by atoms with Gasteiger partial charge in [0.1, 0.15) is 0 Å². The lowest BCUT2D eigenvalue weighted by Gasteiger charge is -2.29. The van der Waals surface area contributed by atoms with Crippen molar-refractivity contribution in [2.75, 3.05) is 5.32 Å². The van der Waals surface area contributed by atoms with Crippen molar-refractivity contribution in [1.82, 2.24) is 0 Å². The number of nitrogens with one attached hydrogen (secondary N) is 1. The van der Waals surface area contributed by atoms with Crippen LogP contribution in [0.5, 0.6) is 0 Å². The molecule has 1 aromatic carbocycles. The van der Waals surface area contributed by atoms with Crippen LogP contribution < -0.4 is 5.32 Å². The zero-order chi connectivity index (χ0) is 11.3. The molecule has 2 N–H and O–H groups in total. The Bertz CT molecular complexity index is 288. The Kier molecular flexibility index (Phi) is 4.15. The molecule has 0 unspecified atom stereocenters. The molecule has 0 spiro atoms. The quantitative estimate of drug-likeness (QED) is 0.777. The molecule has 2 nitrogen and oxygen atoms in total. The molecule has 0 amide bonds. The minimum absolute atomic E-state index is 0.110. The summed E-state index contributed by atoms with van der Waals surface area (Å²) in [7, 11) is 0. The predicted molar refractivity (Wildman–Crippen MR) is 65.0 cm³/mol. The molecule has 0 aliphatic rings. The molecule has 15 heavy (non-hydrogen) atoms. The van der Waals surface area contributed by atoms with Gasteiger partial charge in [-0.05, 0) is 37.5 Å². The topological polar surface area (TPSA) is 32.3 Å². The molecule has 0 saturated carbocycles. The molecule has 0 atom stereocenters. The van der Waals surface area contributed by atoms with Crippen LogP contribution in [0, 0.1) is 0 Å². The fourth-order valence-corrected chi connectivity index (χ4v) is 1.47. The SMILES string of the molecule is CCC(C)(CC)Nc1ccc(CO)cc1. The molecule has 2 heteroatoms. The average molecular weight is 207 g/mol. The van der Waals surface area contributed by atoms with Crippen LogP contribution in [0.3, 0.4) is 0 Å². The van der Waals surface area contributed by atoms with Gasteiger partial charge in [0.25, 0.3) is 0 Å². The lowest BCUT2D eigenvalue weighted by atomic mass is 9.95. The third kappa shape index (κ3) is 3.24. The maximum Gasteiger partial charge on any atom is 0.0681 e. The molecule has 1 aromatic rings. The monoisotopic (exact) mass is 207 g/mol.